The molecule has 2 aliphatic rings. The van der Waals surface area contributed by atoms with Crippen molar-refractivity contribution < 1.29 is 14.0 Å². The van der Waals surface area contributed by atoms with Gasteiger partial charge in [-0.3, -0.25) is 9.59 Å². The molecule has 3 atom stereocenters. The lowest BCUT2D eigenvalue weighted by Crippen LogP contribution is -2.51. The second-order valence-corrected chi connectivity index (χ2v) is 7.52. The van der Waals surface area contributed by atoms with Crippen LogP contribution >= 0.6 is 0 Å². The number of nitrogens with zero attached hydrogens (tertiary/aromatic N) is 3. The van der Waals surface area contributed by atoms with E-state index in [0.717, 1.165) is 12.8 Å². The number of hydrogen-bond acceptors (Lipinski definition) is 5. The van der Waals surface area contributed by atoms with Crippen molar-refractivity contribution in [1.29, 1.82) is 0 Å². The maximum atomic E-state index is 14.1. The van der Waals surface area contributed by atoms with Gasteiger partial charge < -0.3 is 16.0 Å². The summed E-state index contributed by atoms with van der Waals surface area (Å²) in [6.07, 6.45) is 4.97. The summed E-state index contributed by atoms with van der Waals surface area (Å²) in [7, 11) is 0. The molecule has 2 amide bonds. The Kier molecular flexibility index (Phi) is 4.49. The molecule has 146 valence electrons. The molecule has 0 radical (unpaired) electrons. The van der Waals surface area contributed by atoms with Crippen LogP contribution in [-0.2, 0) is 4.79 Å². The summed E-state index contributed by atoms with van der Waals surface area (Å²) in [5, 5.41) is 3.26. The summed E-state index contributed by atoms with van der Waals surface area (Å²) < 4.78 is 14.1. The number of nitrogens with two attached hydrogens (primary N) is 1. The van der Waals surface area contributed by atoms with Crippen molar-refractivity contribution in [1.82, 2.24) is 9.97 Å². The quantitative estimate of drug-likeness (QED) is 0.845. The van der Waals surface area contributed by atoms with Crippen LogP contribution in [0.3, 0.4) is 0 Å². The molecule has 1 aromatic carbocycles. The molecule has 1 aromatic heterocycles. The van der Waals surface area contributed by atoms with Gasteiger partial charge in [-0.05, 0) is 37.0 Å². The lowest BCUT2D eigenvalue weighted by atomic mass is 9.80. The van der Waals surface area contributed by atoms with E-state index in [1.807, 2.05) is 6.92 Å². The number of aromatic nitrogens is 2. The molecule has 4 rings (SSSR count). The first-order valence-corrected chi connectivity index (χ1v) is 9.35. The molecule has 2 aromatic rings. The van der Waals surface area contributed by atoms with Crippen LogP contribution in [0.1, 0.15) is 48.8 Å². The smallest absolute Gasteiger partial charge is 0.271 e. The van der Waals surface area contributed by atoms with Gasteiger partial charge in [0.1, 0.15) is 5.82 Å². The van der Waals surface area contributed by atoms with Crippen molar-refractivity contribution in [2.45, 2.75) is 38.8 Å². The Morgan fingerprint density at radius 1 is 1.25 bits per heavy atom. The Bertz CT molecular complexity index is 946. The van der Waals surface area contributed by atoms with Crippen molar-refractivity contribution in [2.24, 2.45) is 17.6 Å². The second-order valence-electron chi connectivity index (χ2n) is 7.52. The third-order valence-electron chi connectivity index (χ3n) is 5.61. The molecule has 28 heavy (non-hydrogen) atoms. The van der Waals surface area contributed by atoms with E-state index in [0.29, 0.717) is 17.2 Å². The molecule has 1 aliphatic carbocycles. The van der Waals surface area contributed by atoms with Crippen LogP contribution in [0.2, 0.25) is 0 Å². The van der Waals surface area contributed by atoms with Gasteiger partial charge in [0.2, 0.25) is 5.91 Å². The van der Waals surface area contributed by atoms with Gasteiger partial charge in [-0.25, -0.2) is 14.4 Å². The number of hydrogen-bond donors (Lipinski definition) is 2. The zero-order chi connectivity index (χ0) is 20.0. The average molecular weight is 383 g/mol. The largest absolute Gasteiger partial charge is 0.364 e. The van der Waals surface area contributed by atoms with Gasteiger partial charge in [0.15, 0.2) is 11.5 Å². The Labute approximate surface area is 162 Å². The summed E-state index contributed by atoms with van der Waals surface area (Å²) in [4.78, 5) is 34.2. The maximum absolute atomic E-state index is 14.1. The number of amides is 2. The number of benzene rings is 1. The normalized spacial score (nSPS) is 23.8. The van der Waals surface area contributed by atoms with Gasteiger partial charge in [-0.1, -0.05) is 6.92 Å². The van der Waals surface area contributed by atoms with E-state index in [-0.39, 0.29) is 41.2 Å². The van der Waals surface area contributed by atoms with Crippen LogP contribution in [0.5, 0.6) is 0 Å². The van der Waals surface area contributed by atoms with Crippen LogP contribution in [0.15, 0.2) is 30.6 Å². The fourth-order valence-corrected chi connectivity index (χ4v) is 4.31. The fourth-order valence-electron chi connectivity index (χ4n) is 4.31. The second kappa shape index (κ2) is 6.85. The van der Waals surface area contributed by atoms with Crippen molar-refractivity contribution >= 4 is 23.3 Å². The highest BCUT2D eigenvalue weighted by Crippen LogP contribution is 2.50. The molecule has 0 bridgehead atoms. The molecule has 3 N–H and O–H groups in total. The number of primary amides is 1. The highest BCUT2D eigenvalue weighted by Gasteiger charge is 2.47. The van der Waals surface area contributed by atoms with Gasteiger partial charge in [0.25, 0.3) is 5.91 Å². The number of carbonyl (C=O) groups is 2. The van der Waals surface area contributed by atoms with E-state index < -0.39 is 5.91 Å². The van der Waals surface area contributed by atoms with E-state index in [2.05, 4.69) is 15.3 Å². The zero-order valence-corrected chi connectivity index (χ0v) is 15.7. The molecular weight excluding hydrogens is 361 g/mol. The predicted octanol–water partition coefficient (Wildman–Crippen LogP) is 2.65. The first-order chi connectivity index (χ1) is 13.4. The molecule has 0 unspecified atom stereocenters. The number of anilines is 2. The molecule has 7 nitrogen and oxygen atoms in total. The minimum absolute atomic E-state index is 0.0124. The van der Waals surface area contributed by atoms with Crippen molar-refractivity contribution in [3.05, 3.63) is 47.7 Å². The number of rotatable bonds is 4. The SMILES string of the molecule is CC(=O)N1c2ccc(F)cc2[C@H](Nc2nccnc2C(N)=O)[C@@H](C)[C@H]1C1CC1. The summed E-state index contributed by atoms with van der Waals surface area (Å²) >= 11 is 0. The van der Waals surface area contributed by atoms with Crippen LogP contribution < -0.4 is 16.0 Å². The summed E-state index contributed by atoms with van der Waals surface area (Å²) in [5.74, 6) is -0.518. The average Bonchev–Trinajstić information content (AvgIpc) is 3.48. The molecular formula is C20H22FN5O2. The highest BCUT2D eigenvalue weighted by molar-refractivity contribution is 5.96. The number of carbonyl (C=O) groups excluding carboxylic acids is 2. The summed E-state index contributed by atoms with van der Waals surface area (Å²) in [6.45, 7) is 3.57. The lowest BCUT2D eigenvalue weighted by molar-refractivity contribution is -0.117. The Morgan fingerprint density at radius 2 is 1.96 bits per heavy atom. The van der Waals surface area contributed by atoms with Crippen molar-refractivity contribution in [3.8, 4) is 0 Å². The molecule has 1 saturated carbocycles. The minimum atomic E-state index is -0.692. The van der Waals surface area contributed by atoms with Crippen LogP contribution in [0.4, 0.5) is 15.9 Å². The molecule has 2 heterocycles. The number of fused-ring (bicyclic) bond motifs is 1. The molecule has 1 fully saturated rings. The van der Waals surface area contributed by atoms with Gasteiger partial charge in [0.05, 0.1) is 6.04 Å². The first kappa shape index (κ1) is 18.3. The van der Waals surface area contributed by atoms with Gasteiger partial charge in [0, 0.05) is 42.5 Å². The van der Waals surface area contributed by atoms with E-state index in [1.165, 1.54) is 31.5 Å². The Balaban J connectivity index is 1.82. The van der Waals surface area contributed by atoms with Crippen LogP contribution in [0, 0.1) is 17.7 Å². The number of halogens is 1. The third kappa shape index (κ3) is 3.08. The van der Waals surface area contributed by atoms with Crippen molar-refractivity contribution in [2.75, 3.05) is 10.2 Å². The van der Waals surface area contributed by atoms with E-state index in [4.69, 9.17) is 5.73 Å². The fraction of sp³-hybridized carbons (Fsp3) is 0.400. The predicted molar refractivity (Wildman–Crippen MR) is 102 cm³/mol. The summed E-state index contributed by atoms with van der Waals surface area (Å²) in [5.41, 5.74) is 6.80. The Morgan fingerprint density at radius 3 is 2.61 bits per heavy atom. The molecule has 8 heteroatoms. The highest BCUT2D eigenvalue weighted by atomic mass is 19.1. The summed E-state index contributed by atoms with van der Waals surface area (Å²) in [6, 6.07) is 4.09. The Hall–Kier alpha value is -3.03. The van der Waals surface area contributed by atoms with E-state index in [1.54, 1.807) is 11.0 Å². The monoisotopic (exact) mass is 383 g/mol. The standard InChI is InChI=1S/C20H22FN5O2/c1-10-16(25-20-17(19(22)28)23-7-8-24-20)14-9-13(21)5-6-15(14)26(11(2)27)18(10)12-3-4-12/h5-10,12,16,18H,3-4H2,1-2H3,(H2,22,28)(H,24,25)/t10-,16-,18+/m1/s1. The molecule has 1 aliphatic heterocycles. The van der Waals surface area contributed by atoms with E-state index >= 15 is 0 Å². The van der Waals surface area contributed by atoms with Crippen LogP contribution in [0.25, 0.3) is 0 Å². The van der Waals surface area contributed by atoms with Gasteiger partial charge in [-0.15, -0.1) is 0 Å². The van der Waals surface area contributed by atoms with Crippen molar-refractivity contribution in [3.63, 3.8) is 0 Å². The van der Waals surface area contributed by atoms with Gasteiger partial charge in [-0.2, -0.15) is 0 Å². The third-order valence-corrected chi connectivity index (χ3v) is 5.61. The topological polar surface area (TPSA) is 101 Å². The molecule has 0 saturated heterocycles. The van der Waals surface area contributed by atoms with E-state index in [9.17, 15) is 14.0 Å². The van der Waals surface area contributed by atoms with Gasteiger partial charge >= 0.3 is 0 Å². The maximum Gasteiger partial charge on any atom is 0.271 e. The zero-order valence-electron chi connectivity index (χ0n) is 15.7. The number of nitrogens with one attached hydrogen (secondary N) is 1. The minimum Gasteiger partial charge on any atom is -0.364 e. The molecule has 0 spiro atoms. The first-order valence-electron chi connectivity index (χ1n) is 9.35. The lowest BCUT2D eigenvalue weighted by Gasteiger charge is -2.45. The van der Waals surface area contributed by atoms with Crippen LogP contribution in [-0.4, -0.2) is 27.8 Å².